The Hall–Kier alpha value is -3.96. The highest BCUT2D eigenvalue weighted by atomic mass is 16.2. The second kappa shape index (κ2) is 30.1. The Bertz CT molecular complexity index is 1080. The number of hydrogen-bond acceptors (Lipinski definition) is 6. The number of benzene rings is 1. The second-order valence-electron chi connectivity index (χ2n) is 11.7. The molecular formula is C37H66N6O6. The van der Waals surface area contributed by atoms with E-state index in [0.717, 1.165) is 44.0 Å². The van der Waals surface area contributed by atoms with Gasteiger partial charge in [-0.3, -0.25) is 19.2 Å². The number of urea groups is 1. The van der Waals surface area contributed by atoms with E-state index in [2.05, 4.69) is 35.1 Å². The lowest BCUT2D eigenvalue weighted by molar-refractivity contribution is -0.137. The molecule has 6 amide bonds. The average Bonchev–Trinajstić information content (AvgIpc) is 3.09. The fraction of sp³-hybridized carbons (Fsp3) is 0.676. The molecule has 12 heteroatoms. The predicted molar refractivity (Wildman–Crippen MR) is 198 cm³/mol. The lowest BCUT2D eigenvalue weighted by Gasteiger charge is -2.27. The van der Waals surface area contributed by atoms with Crippen LogP contribution in [0.1, 0.15) is 118 Å². The topological polar surface area (TPSA) is 180 Å². The average molecular weight is 691 g/mol. The largest absolute Gasteiger partial charge is 0.352 e. The van der Waals surface area contributed by atoms with Crippen LogP contribution in [-0.2, 0) is 30.4 Å². The molecule has 6 N–H and O–H groups in total. The standard InChI is InChI=1S/C32H52N6O6.C3H8.C2H6/c1-5-23-14-16-25(17-15-23)36-30(42)27(12-11-19-34-32(33)44)37-29(41)22-35-28(40)13-9-8-10-20-38(4)31(43)26(18-21-39)24(6-2)7-3;1-3-2;1-2/h14-17,21,24,26-27H,5-13,18-20,22H2,1-4H3,(H,35,40)(H,36,42)(H,37,41)(H3,33,34,44);3H2,1-2H3;1-2H3. The molecule has 0 saturated heterocycles. The molecule has 0 spiro atoms. The Labute approximate surface area is 295 Å². The van der Waals surface area contributed by atoms with Gasteiger partial charge in [0.2, 0.25) is 23.6 Å². The first-order valence-electron chi connectivity index (χ1n) is 18.1. The van der Waals surface area contributed by atoms with Crippen molar-refractivity contribution >= 4 is 41.6 Å². The SMILES string of the molecule is CC.CCC.CCc1ccc(NC(=O)C(CCCNC(N)=O)NC(=O)CNC(=O)CCCCCN(C)C(=O)C(CC=O)C(CC)CC)cc1. The van der Waals surface area contributed by atoms with Gasteiger partial charge in [0.25, 0.3) is 0 Å². The minimum absolute atomic E-state index is 0.0138. The molecule has 0 fully saturated rings. The van der Waals surface area contributed by atoms with Crippen molar-refractivity contribution in [2.24, 2.45) is 17.6 Å². The van der Waals surface area contributed by atoms with Crippen LogP contribution in [0, 0.1) is 11.8 Å². The molecule has 0 radical (unpaired) electrons. The molecule has 12 nitrogen and oxygen atoms in total. The second-order valence-corrected chi connectivity index (χ2v) is 11.7. The van der Waals surface area contributed by atoms with Gasteiger partial charge in [-0.1, -0.05) is 86.3 Å². The number of aldehydes is 1. The molecule has 0 heterocycles. The van der Waals surface area contributed by atoms with Crippen LogP contribution >= 0.6 is 0 Å². The molecule has 49 heavy (non-hydrogen) atoms. The number of hydrogen-bond donors (Lipinski definition) is 5. The van der Waals surface area contributed by atoms with Crippen molar-refractivity contribution in [2.45, 2.75) is 125 Å². The summed E-state index contributed by atoms with van der Waals surface area (Å²) in [6.07, 6.45) is 7.77. The Morgan fingerprint density at radius 3 is 2.00 bits per heavy atom. The summed E-state index contributed by atoms with van der Waals surface area (Å²) in [5.41, 5.74) is 6.82. The molecule has 1 aromatic carbocycles. The van der Waals surface area contributed by atoms with E-state index in [1.54, 1.807) is 24.1 Å². The Kier molecular flexibility index (Phi) is 29.0. The number of aryl methyl sites for hydroxylation is 1. The summed E-state index contributed by atoms with van der Waals surface area (Å²) in [5, 5.41) is 10.5. The lowest BCUT2D eigenvalue weighted by atomic mass is 9.85. The minimum Gasteiger partial charge on any atom is -0.352 e. The van der Waals surface area contributed by atoms with Crippen LogP contribution in [0.25, 0.3) is 0 Å². The number of nitrogens with one attached hydrogen (secondary N) is 4. The maximum atomic E-state index is 12.9. The summed E-state index contributed by atoms with van der Waals surface area (Å²) in [6.45, 7) is 14.9. The van der Waals surface area contributed by atoms with Crippen molar-refractivity contribution < 1.29 is 28.8 Å². The molecule has 0 aliphatic heterocycles. The molecule has 0 bridgehead atoms. The van der Waals surface area contributed by atoms with Crippen LogP contribution in [-0.4, -0.2) is 73.6 Å². The molecule has 1 rings (SSSR count). The summed E-state index contributed by atoms with van der Waals surface area (Å²) in [5.74, 6) is -1.34. The summed E-state index contributed by atoms with van der Waals surface area (Å²) in [6, 6.07) is 5.85. The van der Waals surface area contributed by atoms with Gasteiger partial charge in [-0.15, -0.1) is 0 Å². The highest BCUT2D eigenvalue weighted by molar-refractivity contribution is 5.97. The van der Waals surface area contributed by atoms with Crippen molar-refractivity contribution in [2.75, 3.05) is 32.0 Å². The van der Waals surface area contributed by atoms with Gasteiger partial charge in [0.15, 0.2) is 0 Å². The van der Waals surface area contributed by atoms with Gasteiger partial charge in [0.1, 0.15) is 12.3 Å². The van der Waals surface area contributed by atoms with Crippen molar-refractivity contribution in [1.29, 1.82) is 0 Å². The Balaban J connectivity index is 0. The van der Waals surface area contributed by atoms with Gasteiger partial charge in [-0.2, -0.15) is 0 Å². The smallest absolute Gasteiger partial charge is 0.312 e. The van der Waals surface area contributed by atoms with E-state index in [1.807, 2.05) is 46.8 Å². The van der Waals surface area contributed by atoms with E-state index in [9.17, 15) is 28.8 Å². The number of unbranched alkanes of at least 4 members (excludes halogenated alkanes) is 2. The molecule has 0 aliphatic rings. The highest BCUT2D eigenvalue weighted by Crippen LogP contribution is 2.24. The zero-order valence-corrected chi connectivity index (χ0v) is 31.5. The van der Waals surface area contributed by atoms with E-state index in [-0.39, 0.29) is 56.0 Å². The van der Waals surface area contributed by atoms with E-state index in [1.165, 1.54) is 6.42 Å². The third-order valence-electron chi connectivity index (χ3n) is 7.76. The van der Waals surface area contributed by atoms with Gasteiger partial charge in [0, 0.05) is 44.6 Å². The van der Waals surface area contributed by atoms with E-state index >= 15 is 0 Å². The molecule has 280 valence electrons. The van der Waals surface area contributed by atoms with Crippen LogP contribution in [0.5, 0.6) is 0 Å². The first-order valence-corrected chi connectivity index (χ1v) is 18.1. The first-order chi connectivity index (χ1) is 23.5. The number of amides is 6. The summed E-state index contributed by atoms with van der Waals surface area (Å²) < 4.78 is 0. The Morgan fingerprint density at radius 2 is 1.47 bits per heavy atom. The number of primary amides is 1. The van der Waals surface area contributed by atoms with Crippen LogP contribution in [0.3, 0.4) is 0 Å². The number of carbonyl (C=O) groups is 6. The fourth-order valence-electron chi connectivity index (χ4n) is 5.01. The normalized spacial score (nSPS) is 11.4. The van der Waals surface area contributed by atoms with E-state index in [4.69, 9.17) is 5.73 Å². The first kappa shape index (κ1) is 47.2. The molecule has 2 unspecified atom stereocenters. The minimum atomic E-state index is -0.879. The quantitative estimate of drug-likeness (QED) is 0.0809. The van der Waals surface area contributed by atoms with E-state index in [0.29, 0.717) is 25.1 Å². The van der Waals surface area contributed by atoms with Gasteiger partial charge >= 0.3 is 6.03 Å². The molecule has 0 saturated carbocycles. The van der Waals surface area contributed by atoms with Gasteiger partial charge in [-0.25, -0.2) is 4.79 Å². The van der Waals surface area contributed by atoms with E-state index < -0.39 is 23.9 Å². The number of nitrogens with zero attached hydrogens (tertiary/aromatic N) is 1. The third-order valence-corrected chi connectivity index (χ3v) is 7.76. The van der Waals surface area contributed by atoms with Crippen LogP contribution < -0.4 is 27.0 Å². The summed E-state index contributed by atoms with van der Waals surface area (Å²) in [7, 11) is 1.75. The monoisotopic (exact) mass is 691 g/mol. The van der Waals surface area contributed by atoms with Crippen LogP contribution in [0.15, 0.2) is 24.3 Å². The van der Waals surface area contributed by atoms with Gasteiger partial charge < -0.3 is 36.7 Å². The zero-order valence-electron chi connectivity index (χ0n) is 31.5. The number of carbonyl (C=O) groups excluding carboxylic acids is 6. The number of nitrogens with two attached hydrogens (primary N) is 1. The predicted octanol–water partition coefficient (Wildman–Crippen LogP) is 5.34. The summed E-state index contributed by atoms with van der Waals surface area (Å²) >= 11 is 0. The molecule has 0 aromatic heterocycles. The molecule has 1 aromatic rings. The number of rotatable bonds is 22. The molecular weight excluding hydrogens is 624 g/mol. The van der Waals surface area contributed by atoms with Crippen molar-refractivity contribution in [1.82, 2.24) is 20.9 Å². The van der Waals surface area contributed by atoms with Gasteiger partial charge in [0.05, 0.1) is 6.54 Å². The van der Waals surface area contributed by atoms with Crippen molar-refractivity contribution in [3.63, 3.8) is 0 Å². The zero-order chi connectivity index (χ0) is 37.6. The van der Waals surface area contributed by atoms with Crippen molar-refractivity contribution in [3.05, 3.63) is 29.8 Å². The van der Waals surface area contributed by atoms with Gasteiger partial charge in [-0.05, 0) is 55.7 Å². The highest BCUT2D eigenvalue weighted by Gasteiger charge is 2.28. The third kappa shape index (κ3) is 22.3. The fourth-order valence-corrected chi connectivity index (χ4v) is 5.01. The summed E-state index contributed by atoms with van der Waals surface area (Å²) in [4.78, 5) is 74.4. The molecule has 2 atom stereocenters. The maximum Gasteiger partial charge on any atom is 0.312 e. The van der Waals surface area contributed by atoms with Crippen molar-refractivity contribution in [3.8, 4) is 0 Å². The van der Waals surface area contributed by atoms with Crippen LogP contribution in [0.2, 0.25) is 0 Å². The van der Waals surface area contributed by atoms with Crippen LogP contribution in [0.4, 0.5) is 10.5 Å². The lowest BCUT2D eigenvalue weighted by Crippen LogP contribution is -2.47. The Morgan fingerprint density at radius 1 is 0.857 bits per heavy atom. The molecule has 0 aliphatic carbocycles. The maximum absolute atomic E-state index is 12.9. The number of anilines is 1.